The molecule has 0 radical (unpaired) electrons. The predicted molar refractivity (Wildman–Crippen MR) is 59.5 cm³/mol. The maximum atomic E-state index is 10.9. The molecule has 0 rings (SSSR count). The third-order valence-electron chi connectivity index (χ3n) is 2.05. The van der Waals surface area contributed by atoms with E-state index in [4.69, 9.17) is 14.2 Å². The molecule has 2 atom stereocenters. The van der Waals surface area contributed by atoms with Crippen LogP contribution in [0.3, 0.4) is 0 Å². The van der Waals surface area contributed by atoms with Gasteiger partial charge in [-0.1, -0.05) is 6.92 Å². The van der Waals surface area contributed by atoms with Gasteiger partial charge in [0.15, 0.2) is 0 Å². The first kappa shape index (κ1) is 15.2. The summed E-state index contributed by atoms with van der Waals surface area (Å²) in [7, 11) is 1.65. The molecule has 0 saturated heterocycles. The van der Waals surface area contributed by atoms with Crippen LogP contribution in [0.15, 0.2) is 0 Å². The predicted octanol–water partition coefficient (Wildman–Crippen LogP) is 1.99. The molecule has 0 aliphatic carbocycles. The highest BCUT2D eigenvalue weighted by Gasteiger charge is 2.11. The standard InChI is InChI=1S/C11H22O5/c1-5-10(13-4)8-15-9(3)7-16-11(12)14-6-2/h9-10H,5-8H2,1-4H3. The molecule has 0 aliphatic heterocycles. The highest BCUT2D eigenvalue weighted by molar-refractivity contribution is 5.59. The van der Waals surface area contributed by atoms with Crippen LogP contribution in [0.25, 0.3) is 0 Å². The van der Waals surface area contributed by atoms with E-state index in [0.29, 0.717) is 13.2 Å². The summed E-state index contributed by atoms with van der Waals surface area (Å²) in [5.41, 5.74) is 0. The SMILES string of the molecule is CCOC(=O)OCC(C)OCC(CC)OC. The molecular weight excluding hydrogens is 212 g/mol. The molecule has 5 heteroatoms. The van der Waals surface area contributed by atoms with E-state index in [0.717, 1.165) is 6.42 Å². The van der Waals surface area contributed by atoms with E-state index < -0.39 is 6.16 Å². The summed E-state index contributed by atoms with van der Waals surface area (Å²) in [5.74, 6) is 0. The van der Waals surface area contributed by atoms with Crippen molar-refractivity contribution >= 4 is 6.16 Å². The van der Waals surface area contributed by atoms with Crippen LogP contribution < -0.4 is 0 Å². The molecule has 0 aliphatic rings. The van der Waals surface area contributed by atoms with Crippen molar-refractivity contribution in [1.82, 2.24) is 0 Å². The van der Waals surface area contributed by atoms with Gasteiger partial charge in [0.25, 0.3) is 0 Å². The number of carbonyl (C=O) groups excluding carboxylic acids is 1. The maximum Gasteiger partial charge on any atom is 0.508 e. The Hall–Kier alpha value is -0.810. The minimum Gasteiger partial charge on any atom is -0.435 e. The fourth-order valence-electron chi connectivity index (χ4n) is 1.02. The highest BCUT2D eigenvalue weighted by atomic mass is 16.7. The molecule has 0 spiro atoms. The Morgan fingerprint density at radius 1 is 1.19 bits per heavy atom. The van der Waals surface area contributed by atoms with E-state index in [1.807, 2.05) is 13.8 Å². The summed E-state index contributed by atoms with van der Waals surface area (Å²) in [6, 6.07) is 0. The largest absolute Gasteiger partial charge is 0.508 e. The molecule has 0 aromatic heterocycles. The molecule has 0 aromatic rings. The van der Waals surface area contributed by atoms with Gasteiger partial charge >= 0.3 is 6.16 Å². The van der Waals surface area contributed by atoms with Crippen LogP contribution in [0.1, 0.15) is 27.2 Å². The average molecular weight is 234 g/mol. The maximum absolute atomic E-state index is 10.9. The monoisotopic (exact) mass is 234 g/mol. The molecule has 0 bridgehead atoms. The highest BCUT2D eigenvalue weighted by Crippen LogP contribution is 2.01. The number of carbonyl (C=O) groups is 1. The van der Waals surface area contributed by atoms with Crippen LogP contribution >= 0.6 is 0 Å². The molecule has 0 aromatic carbocycles. The molecule has 0 amide bonds. The van der Waals surface area contributed by atoms with Gasteiger partial charge in [0.2, 0.25) is 0 Å². The van der Waals surface area contributed by atoms with Crippen molar-refractivity contribution in [2.45, 2.75) is 39.4 Å². The van der Waals surface area contributed by atoms with Gasteiger partial charge in [-0.15, -0.1) is 0 Å². The zero-order chi connectivity index (χ0) is 12.4. The van der Waals surface area contributed by atoms with Crippen LogP contribution in [0.2, 0.25) is 0 Å². The summed E-state index contributed by atoms with van der Waals surface area (Å²) in [6.45, 7) is 6.60. The van der Waals surface area contributed by atoms with E-state index in [2.05, 4.69) is 4.74 Å². The van der Waals surface area contributed by atoms with Gasteiger partial charge < -0.3 is 18.9 Å². The first-order chi connectivity index (χ1) is 7.63. The van der Waals surface area contributed by atoms with Crippen molar-refractivity contribution in [2.75, 3.05) is 26.9 Å². The summed E-state index contributed by atoms with van der Waals surface area (Å²) in [5, 5.41) is 0. The topological polar surface area (TPSA) is 54.0 Å². The van der Waals surface area contributed by atoms with Crippen molar-refractivity contribution in [2.24, 2.45) is 0 Å². The van der Waals surface area contributed by atoms with Crippen molar-refractivity contribution in [3.63, 3.8) is 0 Å². The first-order valence-electron chi connectivity index (χ1n) is 5.57. The first-order valence-corrected chi connectivity index (χ1v) is 5.57. The van der Waals surface area contributed by atoms with Crippen LogP contribution in [-0.4, -0.2) is 45.3 Å². The zero-order valence-corrected chi connectivity index (χ0v) is 10.5. The summed E-state index contributed by atoms with van der Waals surface area (Å²) >= 11 is 0. The summed E-state index contributed by atoms with van der Waals surface area (Å²) in [4.78, 5) is 10.9. The molecule has 2 unspecified atom stereocenters. The quantitative estimate of drug-likeness (QED) is 0.601. The fourth-order valence-corrected chi connectivity index (χ4v) is 1.02. The van der Waals surface area contributed by atoms with Crippen molar-refractivity contribution in [3.05, 3.63) is 0 Å². The van der Waals surface area contributed by atoms with Crippen LogP contribution in [0, 0.1) is 0 Å². The normalized spacial score (nSPS) is 14.2. The van der Waals surface area contributed by atoms with Crippen molar-refractivity contribution in [1.29, 1.82) is 0 Å². The van der Waals surface area contributed by atoms with Crippen LogP contribution in [0.4, 0.5) is 4.79 Å². The molecular formula is C11H22O5. The minimum atomic E-state index is -0.656. The number of ether oxygens (including phenoxy) is 4. The Labute approximate surface area is 97.0 Å². The Morgan fingerprint density at radius 3 is 2.38 bits per heavy atom. The average Bonchev–Trinajstić information content (AvgIpc) is 2.28. The van der Waals surface area contributed by atoms with Crippen molar-refractivity contribution < 1.29 is 23.7 Å². The molecule has 0 saturated carbocycles. The van der Waals surface area contributed by atoms with E-state index in [9.17, 15) is 4.79 Å². The molecule has 0 N–H and O–H groups in total. The van der Waals surface area contributed by atoms with Gasteiger partial charge in [-0.3, -0.25) is 0 Å². The van der Waals surface area contributed by atoms with E-state index in [1.54, 1.807) is 14.0 Å². The van der Waals surface area contributed by atoms with Gasteiger partial charge in [-0.05, 0) is 20.3 Å². The van der Waals surface area contributed by atoms with Gasteiger partial charge in [0, 0.05) is 7.11 Å². The second kappa shape index (κ2) is 9.42. The summed E-state index contributed by atoms with van der Waals surface area (Å²) in [6.07, 6.45) is 0.164. The number of hydrogen-bond donors (Lipinski definition) is 0. The molecule has 16 heavy (non-hydrogen) atoms. The number of rotatable bonds is 8. The second-order valence-corrected chi connectivity index (χ2v) is 3.40. The Balaban J connectivity index is 3.57. The Kier molecular flexibility index (Phi) is 8.94. The zero-order valence-electron chi connectivity index (χ0n) is 10.5. The number of methoxy groups -OCH3 is 1. The Bertz CT molecular complexity index is 179. The lowest BCUT2D eigenvalue weighted by molar-refractivity contribution is -0.0485. The third kappa shape index (κ3) is 7.48. The second-order valence-electron chi connectivity index (χ2n) is 3.40. The minimum absolute atomic E-state index is 0.0880. The summed E-state index contributed by atoms with van der Waals surface area (Å²) < 4.78 is 20.0. The molecule has 5 nitrogen and oxygen atoms in total. The van der Waals surface area contributed by atoms with Crippen LogP contribution in [-0.2, 0) is 18.9 Å². The van der Waals surface area contributed by atoms with Gasteiger partial charge in [-0.2, -0.15) is 0 Å². The third-order valence-corrected chi connectivity index (χ3v) is 2.05. The lowest BCUT2D eigenvalue weighted by Crippen LogP contribution is -2.25. The Morgan fingerprint density at radius 2 is 1.88 bits per heavy atom. The van der Waals surface area contributed by atoms with Crippen molar-refractivity contribution in [3.8, 4) is 0 Å². The van der Waals surface area contributed by atoms with Gasteiger partial charge in [0.1, 0.15) is 6.61 Å². The van der Waals surface area contributed by atoms with E-state index in [-0.39, 0.29) is 18.8 Å². The molecule has 96 valence electrons. The molecule has 0 fully saturated rings. The smallest absolute Gasteiger partial charge is 0.435 e. The lowest BCUT2D eigenvalue weighted by Gasteiger charge is -2.17. The van der Waals surface area contributed by atoms with E-state index in [1.165, 1.54) is 0 Å². The van der Waals surface area contributed by atoms with E-state index >= 15 is 0 Å². The van der Waals surface area contributed by atoms with Gasteiger partial charge in [-0.25, -0.2) is 4.79 Å². The molecule has 0 heterocycles. The lowest BCUT2D eigenvalue weighted by atomic mass is 10.3. The fraction of sp³-hybridized carbons (Fsp3) is 0.909. The van der Waals surface area contributed by atoms with Gasteiger partial charge in [0.05, 0.1) is 25.4 Å². The van der Waals surface area contributed by atoms with Crippen LogP contribution in [0.5, 0.6) is 0 Å². The number of hydrogen-bond acceptors (Lipinski definition) is 5.